The zero-order valence-electron chi connectivity index (χ0n) is 9.83. The van der Waals surface area contributed by atoms with Gasteiger partial charge in [0.15, 0.2) is 0 Å². The minimum atomic E-state index is -0.633. The van der Waals surface area contributed by atoms with E-state index in [1.54, 1.807) is 0 Å². The summed E-state index contributed by atoms with van der Waals surface area (Å²) in [5.74, 6) is 0. The second-order valence-electron chi connectivity index (χ2n) is 4.81. The molecule has 1 N–H and O–H groups in total. The lowest BCUT2D eigenvalue weighted by Gasteiger charge is -2.40. The number of nitrogens with zero attached hydrogens (tertiary/aromatic N) is 1. The highest BCUT2D eigenvalue weighted by molar-refractivity contribution is 5.37. The number of aliphatic hydroxyl groups excluding tert-OH is 1. The van der Waals surface area contributed by atoms with Gasteiger partial charge in [-0.1, -0.05) is 24.6 Å². The third-order valence-corrected chi connectivity index (χ3v) is 3.93. The number of benzene rings is 1. The lowest BCUT2D eigenvalue weighted by atomic mass is 9.64. The van der Waals surface area contributed by atoms with Crippen LogP contribution in [0.2, 0.25) is 0 Å². The summed E-state index contributed by atoms with van der Waals surface area (Å²) in [6.45, 7) is 4.04. The number of aliphatic hydroxyl groups is 1. The van der Waals surface area contributed by atoms with Crippen molar-refractivity contribution >= 4 is 0 Å². The van der Waals surface area contributed by atoms with E-state index < -0.39 is 11.5 Å². The van der Waals surface area contributed by atoms with Crippen molar-refractivity contribution in [2.24, 2.45) is 5.41 Å². The average Bonchev–Trinajstić information content (AvgIpc) is 2.21. The Hall–Kier alpha value is -1.33. The molecule has 1 aromatic carbocycles. The Kier molecular flexibility index (Phi) is 2.73. The van der Waals surface area contributed by atoms with Gasteiger partial charge in [-0.05, 0) is 43.4 Å². The van der Waals surface area contributed by atoms with Crippen LogP contribution in [0.3, 0.4) is 0 Å². The van der Waals surface area contributed by atoms with E-state index in [4.69, 9.17) is 0 Å². The molecule has 1 aliphatic carbocycles. The van der Waals surface area contributed by atoms with Gasteiger partial charge in [0, 0.05) is 0 Å². The van der Waals surface area contributed by atoms with Crippen molar-refractivity contribution in [3.63, 3.8) is 0 Å². The zero-order valence-corrected chi connectivity index (χ0v) is 9.83. The molecule has 1 fully saturated rings. The van der Waals surface area contributed by atoms with Gasteiger partial charge in [-0.15, -0.1) is 0 Å². The normalized spacial score (nSPS) is 19.6. The van der Waals surface area contributed by atoms with Crippen LogP contribution in [0.5, 0.6) is 0 Å². The highest BCUT2D eigenvalue weighted by Crippen LogP contribution is 2.50. The third-order valence-electron chi connectivity index (χ3n) is 3.93. The number of rotatable bonds is 2. The van der Waals surface area contributed by atoms with Crippen LogP contribution < -0.4 is 0 Å². The van der Waals surface area contributed by atoms with Gasteiger partial charge in [0.2, 0.25) is 0 Å². The second-order valence-corrected chi connectivity index (χ2v) is 4.81. The molecule has 1 unspecified atom stereocenters. The number of aryl methyl sites for hydroxylation is 1. The van der Waals surface area contributed by atoms with E-state index in [-0.39, 0.29) is 0 Å². The summed E-state index contributed by atoms with van der Waals surface area (Å²) in [6.07, 6.45) is 2.05. The first-order valence-electron chi connectivity index (χ1n) is 5.76. The van der Waals surface area contributed by atoms with Gasteiger partial charge in [-0.2, -0.15) is 5.26 Å². The first kappa shape index (κ1) is 11.2. The van der Waals surface area contributed by atoms with Gasteiger partial charge in [0.05, 0.1) is 17.6 Å². The van der Waals surface area contributed by atoms with E-state index in [1.165, 1.54) is 5.56 Å². The molecule has 0 aliphatic heterocycles. The molecule has 0 bridgehead atoms. The minimum absolute atomic E-state index is 0.529. The molecular formula is C14H17NO. The van der Waals surface area contributed by atoms with Gasteiger partial charge in [-0.25, -0.2) is 0 Å². The van der Waals surface area contributed by atoms with Crippen molar-refractivity contribution in [1.29, 1.82) is 5.26 Å². The maximum absolute atomic E-state index is 10.4. The number of hydrogen-bond donors (Lipinski definition) is 1. The van der Waals surface area contributed by atoms with Gasteiger partial charge in [0.1, 0.15) is 0 Å². The van der Waals surface area contributed by atoms with Crippen molar-refractivity contribution in [3.05, 3.63) is 34.9 Å². The Morgan fingerprint density at radius 1 is 1.38 bits per heavy atom. The van der Waals surface area contributed by atoms with Crippen LogP contribution in [0.1, 0.15) is 42.1 Å². The summed E-state index contributed by atoms with van der Waals surface area (Å²) in [5.41, 5.74) is 2.67. The summed E-state index contributed by atoms with van der Waals surface area (Å²) in [7, 11) is 0. The average molecular weight is 215 g/mol. The van der Waals surface area contributed by atoms with Crippen molar-refractivity contribution in [1.82, 2.24) is 0 Å². The molecule has 0 aromatic heterocycles. The van der Waals surface area contributed by atoms with E-state index in [0.717, 1.165) is 30.4 Å². The van der Waals surface area contributed by atoms with Crippen LogP contribution in [-0.2, 0) is 0 Å². The molecule has 84 valence electrons. The molecule has 2 rings (SSSR count). The molecule has 1 aliphatic rings. The largest absolute Gasteiger partial charge is 0.387 e. The maximum Gasteiger partial charge on any atom is 0.0978 e. The van der Waals surface area contributed by atoms with E-state index in [2.05, 4.69) is 6.07 Å². The third kappa shape index (κ3) is 1.52. The first-order chi connectivity index (χ1) is 7.60. The lowest BCUT2D eigenvalue weighted by Crippen LogP contribution is -2.34. The predicted octanol–water partition coefficient (Wildman–Crippen LogP) is 3.03. The molecule has 1 aromatic rings. The van der Waals surface area contributed by atoms with E-state index >= 15 is 0 Å². The molecule has 1 saturated carbocycles. The fourth-order valence-electron chi connectivity index (χ4n) is 2.37. The molecular weight excluding hydrogens is 198 g/mol. The quantitative estimate of drug-likeness (QED) is 0.824. The van der Waals surface area contributed by atoms with Gasteiger partial charge in [-0.3, -0.25) is 0 Å². The molecule has 0 saturated heterocycles. The topological polar surface area (TPSA) is 44.0 Å². The van der Waals surface area contributed by atoms with Crippen LogP contribution >= 0.6 is 0 Å². The molecule has 2 heteroatoms. The number of hydrogen-bond acceptors (Lipinski definition) is 2. The Morgan fingerprint density at radius 2 is 2.06 bits per heavy atom. The van der Waals surface area contributed by atoms with Gasteiger partial charge < -0.3 is 5.11 Å². The first-order valence-corrected chi connectivity index (χ1v) is 5.76. The van der Waals surface area contributed by atoms with Crippen LogP contribution in [-0.4, -0.2) is 5.11 Å². The molecule has 0 heterocycles. The van der Waals surface area contributed by atoms with Crippen LogP contribution in [0.15, 0.2) is 18.2 Å². The summed E-state index contributed by atoms with van der Waals surface area (Å²) in [6, 6.07) is 8.23. The smallest absolute Gasteiger partial charge is 0.0978 e. The SMILES string of the molecule is Cc1cccc(C(O)C2(C#N)CCC2)c1C. The maximum atomic E-state index is 10.4. The monoisotopic (exact) mass is 215 g/mol. The van der Waals surface area contributed by atoms with Crippen molar-refractivity contribution < 1.29 is 5.11 Å². The molecule has 0 spiro atoms. The fraction of sp³-hybridized carbons (Fsp3) is 0.500. The highest BCUT2D eigenvalue weighted by Gasteiger charge is 2.45. The van der Waals surface area contributed by atoms with Crippen molar-refractivity contribution in [3.8, 4) is 6.07 Å². The Morgan fingerprint density at radius 3 is 2.56 bits per heavy atom. The van der Waals surface area contributed by atoms with Gasteiger partial charge >= 0.3 is 0 Å². The standard InChI is InChI=1S/C14H17NO/c1-10-5-3-6-12(11(10)2)13(16)14(9-15)7-4-8-14/h3,5-6,13,16H,4,7-8H2,1-2H3. The van der Waals surface area contributed by atoms with Crippen molar-refractivity contribution in [2.75, 3.05) is 0 Å². The van der Waals surface area contributed by atoms with E-state index in [0.29, 0.717) is 0 Å². The van der Waals surface area contributed by atoms with Gasteiger partial charge in [0.25, 0.3) is 0 Å². The predicted molar refractivity (Wildman–Crippen MR) is 62.8 cm³/mol. The highest BCUT2D eigenvalue weighted by atomic mass is 16.3. The summed E-state index contributed by atoms with van der Waals surface area (Å²) < 4.78 is 0. The summed E-state index contributed by atoms with van der Waals surface area (Å²) in [4.78, 5) is 0. The zero-order chi connectivity index (χ0) is 11.8. The van der Waals surface area contributed by atoms with Crippen molar-refractivity contribution in [2.45, 2.75) is 39.2 Å². The molecule has 1 atom stereocenters. The van der Waals surface area contributed by atoms with E-state index in [9.17, 15) is 10.4 Å². The molecule has 0 amide bonds. The summed E-state index contributed by atoms with van der Waals surface area (Å²) in [5, 5.41) is 19.6. The Balaban J connectivity index is 2.38. The summed E-state index contributed by atoms with van der Waals surface area (Å²) >= 11 is 0. The Labute approximate surface area is 96.5 Å². The van der Waals surface area contributed by atoms with E-state index in [1.807, 2.05) is 32.0 Å². The molecule has 0 radical (unpaired) electrons. The van der Waals surface area contributed by atoms with Crippen LogP contribution in [0, 0.1) is 30.6 Å². The van der Waals surface area contributed by atoms with Crippen LogP contribution in [0.4, 0.5) is 0 Å². The second kappa shape index (κ2) is 3.92. The molecule has 16 heavy (non-hydrogen) atoms. The molecule has 2 nitrogen and oxygen atoms in total. The van der Waals surface area contributed by atoms with Crippen LogP contribution in [0.25, 0.3) is 0 Å². The Bertz CT molecular complexity index is 441. The minimum Gasteiger partial charge on any atom is -0.387 e. The lowest BCUT2D eigenvalue weighted by molar-refractivity contribution is 0.00751. The fourth-order valence-corrected chi connectivity index (χ4v) is 2.37. The number of nitriles is 1.